The Morgan fingerprint density at radius 3 is 1.18 bits per heavy atom. The Balaban J connectivity index is 0.000000409. The third kappa shape index (κ3) is 7.39. The van der Waals surface area contributed by atoms with Gasteiger partial charge in [-0.3, -0.25) is 0 Å². The lowest BCUT2D eigenvalue weighted by Gasteiger charge is -2.08. The number of aliphatic carboxylic acids is 1. The number of halogens is 3. The van der Waals surface area contributed by atoms with Gasteiger partial charge in [-0.2, -0.15) is 0 Å². The van der Waals surface area contributed by atoms with E-state index in [1.165, 1.54) is 14.7 Å². The molecule has 2 nitrogen and oxygen atoms in total. The summed E-state index contributed by atoms with van der Waals surface area (Å²) in [4.78, 5) is 13.4. The van der Waals surface area contributed by atoms with Crippen molar-refractivity contribution < 1.29 is 9.90 Å². The van der Waals surface area contributed by atoms with E-state index in [1.54, 1.807) is 6.92 Å². The van der Waals surface area contributed by atoms with Crippen LogP contribution in [0.25, 0.3) is 0 Å². The highest BCUT2D eigenvalue weighted by atomic mass is 79.9. The zero-order valence-electron chi connectivity index (χ0n) is 15.2. The van der Waals surface area contributed by atoms with Gasteiger partial charge in [-0.05, 0) is 79.2 Å². The summed E-state index contributed by atoms with van der Waals surface area (Å²) >= 11 is 10.6. The number of benzene rings is 3. The minimum atomic E-state index is -0.961. The highest BCUT2D eigenvalue weighted by molar-refractivity contribution is 9.11. The largest absolute Gasteiger partial charge is 0.550 e. The van der Waals surface area contributed by atoms with Gasteiger partial charge in [0.15, 0.2) is 14.7 Å². The van der Waals surface area contributed by atoms with Gasteiger partial charge in [-0.1, -0.05) is 61.1 Å². The standard InChI is InChI=1S/C18H12Br3S.C4H8O2/c19-13-1-7-16(8-2-13)22(17-9-3-14(20)4-10-17)18-11-5-15(21)6-12-18;1-2-3-4(5)6/h1-12H;2-3H2,1H3,(H,5,6)/q+1;/p-1. The van der Waals surface area contributed by atoms with Crippen molar-refractivity contribution in [3.63, 3.8) is 0 Å². The van der Waals surface area contributed by atoms with Crippen molar-refractivity contribution in [2.75, 3.05) is 0 Å². The molecule has 0 saturated carbocycles. The first-order valence-electron chi connectivity index (χ1n) is 8.61. The number of carboxylic acid groups (broad SMARTS) is 1. The first-order chi connectivity index (χ1) is 13.4. The van der Waals surface area contributed by atoms with E-state index in [2.05, 4.69) is 121 Å². The Hall–Kier alpha value is -1.08. The maximum atomic E-state index is 9.49. The Morgan fingerprint density at radius 1 is 0.714 bits per heavy atom. The van der Waals surface area contributed by atoms with Gasteiger partial charge in [0.1, 0.15) is 0 Å². The smallest absolute Gasteiger partial charge is 0.166 e. The Morgan fingerprint density at radius 2 is 1.00 bits per heavy atom. The molecule has 0 amide bonds. The van der Waals surface area contributed by atoms with Gasteiger partial charge in [-0.25, -0.2) is 0 Å². The van der Waals surface area contributed by atoms with E-state index < -0.39 is 5.97 Å². The second-order valence-electron chi connectivity index (χ2n) is 5.79. The molecule has 3 rings (SSSR count). The fraction of sp³-hybridized carbons (Fsp3) is 0.136. The molecule has 3 aromatic carbocycles. The van der Waals surface area contributed by atoms with Crippen LogP contribution in [0.4, 0.5) is 0 Å². The average molecular weight is 587 g/mol. The SMILES string of the molecule is Brc1ccc([S+](c2ccc(Br)cc2)c2ccc(Br)cc2)cc1.CCCC(=O)[O-]. The van der Waals surface area contributed by atoms with Gasteiger partial charge in [0.2, 0.25) is 0 Å². The van der Waals surface area contributed by atoms with Crippen LogP contribution >= 0.6 is 47.8 Å². The van der Waals surface area contributed by atoms with Crippen molar-refractivity contribution in [2.45, 2.75) is 34.5 Å². The van der Waals surface area contributed by atoms with E-state index in [1.807, 2.05) is 0 Å². The second-order valence-corrected chi connectivity index (χ2v) is 10.6. The topological polar surface area (TPSA) is 40.1 Å². The van der Waals surface area contributed by atoms with Crippen LogP contribution in [0.15, 0.2) is 101 Å². The lowest BCUT2D eigenvalue weighted by Crippen LogP contribution is -2.20. The lowest BCUT2D eigenvalue weighted by atomic mass is 10.4. The predicted molar refractivity (Wildman–Crippen MR) is 125 cm³/mol. The molecule has 0 radical (unpaired) electrons. The van der Waals surface area contributed by atoms with Crippen molar-refractivity contribution in [1.82, 2.24) is 0 Å². The zero-order chi connectivity index (χ0) is 20.5. The molecule has 6 heteroatoms. The van der Waals surface area contributed by atoms with Crippen LogP contribution in [0.1, 0.15) is 19.8 Å². The molecule has 0 spiro atoms. The molecular formula is C22H19Br3O2S. The first kappa shape index (κ1) is 23.2. The maximum absolute atomic E-state index is 9.49. The van der Waals surface area contributed by atoms with Crippen LogP contribution in [0.2, 0.25) is 0 Å². The fourth-order valence-corrected chi connectivity index (χ4v) is 5.16. The molecule has 3 aromatic rings. The van der Waals surface area contributed by atoms with Gasteiger partial charge in [0.05, 0.1) is 10.9 Å². The Bertz CT molecular complexity index is 771. The van der Waals surface area contributed by atoms with Crippen molar-refractivity contribution in [1.29, 1.82) is 0 Å². The van der Waals surface area contributed by atoms with E-state index >= 15 is 0 Å². The van der Waals surface area contributed by atoms with Gasteiger partial charge in [0.25, 0.3) is 0 Å². The molecule has 0 aliphatic carbocycles. The van der Waals surface area contributed by atoms with Crippen molar-refractivity contribution in [3.05, 3.63) is 86.2 Å². The maximum Gasteiger partial charge on any atom is 0.166 e. The Labute approximate surface area is 194 Å². The molecule has 0 aliphatic heterocycles. The van der Waals surface area contributed by atoms with Gasteiger partial charge >= 0.3 is 0 Å². The third-order valence-electron chi connectivity index (χ3n) is 3.60. The third-order valence-corrected chi connectivity index (χ3v) is 7.42. The molecule has 0 unspecified atom stereocenters. The fourth-order valence-electron chi connectivity index (χ4n) is 2.32. The highest BCUT2D eigenvalue weighted by Gasteiger charge is 2.28. The van der Waals surface area contributed by atoms with Crippen LogP contribution in [0, 0.1) is 0 Å². The number of carbonyl (C=O) groups excluding carboxylic acids is 1. The monoisotopic (exact) mass is 584 g/mol. The molecule has 0 heterocycles. The van der Waals surface area contributed by atoms with Crippen LogP contribution in [0.3, 0.4) is 0 Å². The first-order valence-corrected chi connectivity index (χ1v) is 12.2. The summed E-state index contributed by atoms with van der Waals surface area (Å²) in [6.07, 6.45) is 0.850. The molecule has 146 valence electrons. The summed E-state index contributed by atoms with van der Waals surface area (Å²) < 4.78 is 3.31. The zero-order valence-corrected chi connectivity index (χ0v) is 20.8. The summed E-state index contributed by atoms with van der Waals surface area (Å²) in [5, 5.41) is 9.49. The second kappa shape index (κ2) is 11.8. The molecule has 0 atom stereocenters. The highest BCUT2D eigenvalue weighted by Crippen LogP contribution is 2.33. The summed E-state index contributed by atoms with van der Waals surface area (Å²) in [5.41, 5.74) is 0. The predicted octanol–water partition coefficient (Wildman–Crippen LogP) is 6.61. The van der Waals surface area contributed by atoms with Gasteiger partial charge < -0.3 is 9.90 Å². The van der Waals surface area contributed by atoms with Crippen LogP contribution in [0.5, 0.6) is 0 Å². The minimum absolute atomic E-state index is 0.102. The van der Waals surface area contributed by atoms with E-state index in [0.717, 1.165) is 13.4 Å². The number of hydrogen-bond donors (Lipinski definition) is 0. The van der Waals surface area contributed by atoms with Crippen LogP contribution in [-0.2, 0) is 15.7 Å². The molecule has 0 aliphatic rings. The van der Waals surface area contributed by atoms with Gasteiger partial charge in [-0.15, -0.1) is 0 Å². The molecular weight excluding hydrogens is 568 g/mol. The lowest BCUT2D eigenvalue weighted by molar-refractivity contribution is -0.305. The van der Waals surface area contributed by atoms with Crippen molar-refractivity contribution in [3.8, 4) is 0 Å². The van der Waals surface area contributed by atoms with Crippen molar-refractivity contribution in [2.24, 2.45) is 0 Å². The summed E-state index contributed by atoms with van der Waals surface area (Å²) in [6, 6.07) is 25.8. The molecule has 0 bridgehead atoms. The molecule has 0 fully saturated rings. The summed E-state index contributed by atoms with van der Waals surface area (Å²) in [6.45, 7) is 1.80. The number of carbonyl (C=O) groups is 1. The summed E-state index contributed by atoms with van der Waals surface area (Å²) in [5.74, 6) is -0.961. The molecule has 28 heavy (non-hydrogen) atoms. The number of hydrogen-bond acceptors (Lipinski definition) is 2. The van der Waals surface area contributed by atoms with Crippen LogP contribution < -0.4 is 5.11 Å². The van der Waals surface area contributed by atoms with Crippen molar-refractivity contribution >= 4 is 64.7 Å². The number of carboxylic acids is 1. The van der Waals surface area contributed by atoms with E-state index in [4.69, 9.17) is 0 Å². The Kier molecular flexibility index (Phi) is 9.79. The molecule has 0 N–H and O–H groups in total. The van der Waals surface area contributed by atoms with Gasteiger partial charge in [0, 0.05) is 19.4 Å². The average Bonchev–Trinajstić information content (AvgIpc) is 2.67. The van der Waals surface area contributed by atoms with E-state index in [9.17, 15) is 9.90 Å². The van der Waals surface area contributed by atoms with E-state index in [-0.39, 0.29) is 17.3 Å². The van der Waals surface area contributed by atoms with Crippen LogP contribution in [-0.4, -0.2) is 5.97 Å². The normalized spacial score (nSPS) is 10.3. The van der Waals surface area contributed by atoms with E-state index in [0.29, 0.717) is 6.42 Å². The quantitative estimate of drug-likeness (QED) is 0.316. The number of rotatable bonds is 5. The summed E-state index contributed by atoms with van der Waals surface area (Å²) in [7, 11) is -0.102. The molecule has 0 aromatic heterocycles. The minimum Gasteiger partial charge on any atom is -0.550 e. The molecule has 0 saturated heterocycles.